The van der Waals surface area contributed by atoms with Crippen LogP contribution in [0.4, 0.5) is 26.3 Å². The summed E-state index contributed by atoms with van der Waals surface area (Å²) in [5, 5.41) is 7.37. The molecule has 0 aliphatic heterocycles. The number of halogens is 6. The predicted octanol–water partition coefficient (Wildman–Crippen LogP) is 3.69. The summed E-state index contributed by atoms with van der Waals surface area (Å²) in [5.41, 5.74) is -7.22. The molecule has 1 atom stereocenters. The average Bonchev–Trinajstić information content (AvgIpc) is 2.66. The van der Waals surface area contributed by atoms with Crippen molar-refractivity contribution in [3.63, 3.8) is 0 Å². The van der Waals surface area contributed by atoms with Crippen LogP contribution in [0.25, 0.3) is 0 Å². The number of aliphatic hydroxyl groups is 1. The van der Waals surface area contributed by atoms with E-state index in [2.05, 4.69) is 4.74 Å². The first-order chi connectivity index (χ1) is 13.7. The number of alkyl halides is 6. The summed E-state index contributed by atoms with van der Waals surface area (Å²) in [7, 11) is -3.58. The first-order valence-electron chi connectivity index (χ1n) is 8.01. The van der Waals surface area contributed by atoms with Crippen molar-refractivity contribution >= 4 is 15.8 Å². The molecule has 12 heteroatoms. The summed E-state index contributed by atoms with van der Waals surface area (Å²) in [6.45, 7) is 0. The van der Waals surface area contributed by atoms with E-state index < -0.39 is 50.1 Å². The summed E-state index contributed by atoms with van der Waals surface area (Å²) < 4.78 is 108. The monoisotopic (exact) mass is 456 g/mol. The fourth-order valence-electron chi connectivity index (χ4n) is 2.68. The Labute approximate surface area is 166 Å². The van der Waals surface area contributed by atoms with E-state index >= 15 is 0 Å². The average molecular weight is 456 g/mol. The van der Waals surface area contributed by atoms with Crippen LogP contribution in [0.15, 0.2) is 59.5 Å². The zero-order valence-corrected chi connectivity index (χ0v) is 15.8. The maximum absolute atomic E-state index is 13.0. The van der Waals surface area contributed by atoms with Crippen LogP contribution >= 0.6 is 0 Å². The molecule has 1 unspecified atom stereocenters. The van der Waals surface area contributed by atoms with Crippen molar-refractivity contribution in [2.45, 2.75) is 28.1 Å². The molecule has 164 valence electrons. The minimum atomic E-state index is -6.11. The van der Waals surface area contributed by atoms with Crippen molar-refractivity contribution in [3.8, 4) is 0 Å². The molecule has 1 N–H and O–H groups in total. The molecule has 0 bridgehead atoms. The lowest BCUT2D eigenvalue weighted by molar-refractivity contribution is -0.376. The number of carbonyl (C=O) groups is 1. The van der Waals surface area contributed by atoms with Crippen molar-refractivity contribution in [3.05, 3.63) is 65.7 Å². The molecule has 0 aromatic heterocycles. The summed E-state index contributed by atoms with van der Waals surface area (Å²) >= 11 is 0. The molecule has 5 nitrogen and oxygen atoms in total. The second-order valence-corrected chi connectivity index (χ2v) is 8.12. The van der Waals surface area contributed by atoms with Crippen molar-refractivity contribution < 1.29 is 49.4 Å². The van der Waals surface area contributed by atoms with Crippen LogP contribution in [0.5, 0.6) is 0 Å². The van der Waals surface area contributed by atoms with E-state index in [-0.39, 0.29) is 17.0 Å². The smallest absolute Gasteiger partial charge is 0.430 e. The molecular weight excluding hydrogens is 442 g/mol. The van der Waals surface area contributed by atoms with Gasteiger partial charge in [0.1, 0.15) is 0 Å². The summed E-state index contributed by atoms with van der Waals surface area (Å²) in [6.07, 6.45) is -12.2. The minimum Gasteiger partial charge on any atom is -0.468 e. The number of ether oxygens (including phenoxy) is 1. The summed E-state index contributed by atoms with van der Waals surface area (Å²) in [4.78, 5) is 11.8. The lowest BCUT2D eigenvalue weighted by Crippen LogP contribution is -2.53. The molecule has 2 aromatic rings. The highest BCUT2D eigenvalue weighted by atomic mass is 32.2. The molecule has 0 spiro atoms. The number of carbonyl (C=O) groups excluding carboxylic acids is 1. The van der Waals surface area contributed by atoms with Crippen LogP contribution in [0.3, 0.4) is 0 Å². The quantitative estimate of drug-likeness (QED) is 0.549. The van der Waals surface area contributed by atoms with E-state index in [1.165, 1.54) is 18.2 Å². The predicted molar refractivity (Wildman–Crippen MR) is 90.8 cm³/mol. The van der Waals surface area contributed by atoms with Crippen molar-refractivity contribution in [1.82, 2.24) is 0 Å². The highest BCUT2D eigenvalue weighted by Gasteiger charge is 2.71. The van der Waals surface area contributed by atoms with Gasteiger partial charge in [-0.25, -0.2) is 8.42 Å². The second-order valence-electron chi connectivity index (χ2n) is 6.09. The van der Waals surface area contributed by atoms with Crippen LogP contribution in [0.1, 0.15) is 16.4 Å². The number of sulfone groups is 1. The van der Waals surface area contributed by atoms with E-state index in [0.717, 1.165) is 19.2 Å². The number of methoxy groups -OCH3 is 1. The number of esters is 1. The first-order valence-corrected chi connectivity index (χ1v) is 9.55. The largest absolute Gasteiger partial charge is 0.468 e. The van der Waals surface area contributed by atoms with Gasteiger partial charge in [0.25, 0.3) is 5.60 Å². The Morgan fingerprint density at radius 3 is 1.77 bits per heavy atom. The highest BCUT2D eigenvalue weighted by molar-refractivity contribution is 7.92. The first kappa shape index (κ1) is 23.7. The highest BCUT2D eigenvalue weighted by Crippen LogP contribution is 2.50. The van der Waals surface area contributed by atoms with Gasteiger partial charge in [-0.05, 0) is 17.7 Å². The maximum Gasteiger partial charge on any atom is 0.430 e. The van der Waals surface area contributed by atoms with E-state index in [9.17, 15) is 44.7 Å². The van der Waals surface area contributed by atoms with Gasteiger partial charge in [-0.2, -0.15) is 26.3 Å². The Kier molecular flexibility index (Phi) is 6.24. The molecule has 0 amide bonds. The fourth-order valence-corrected chi connectivity index (χ4v) is 4.36. The molecule has 2 rings (SSSR count). The third-order valence-corrected chi connectivity index (χ3v) is 6.26. The van der Waals surface area contributed by atoms with Gasteiger partial charge >= 0.3 is 18.3 Å². The van der Waals surface area contributed by atoms with Gasteiger partial charge in [-0.3, -0.25) is 4.79 Å². The van der Waals surface area contributed by atoms with E-state index in [0.29, 0.717) is 12.1 Å². The minimum absolute atomic E-state index is 0.257. The molecule has 0 fully saturated rings. The number of hydrogen-bond donors (Lipinski definition) is 1. The van der Waals surface area contributed by atoms with Gasteiger partial charge in [0.15, 0.2) is 15.1 Å². The van der Waals surface area contributed by atoms with Crippen molar-refractivity contribution in [2.75, 3.05) is 7.11 Å². The van der Waals surface area contributed by atoms with Gasteiger partial charge in [-0.15, -0.1) is 0 Å². The fraction of sp³-hybridized carbons (Fsp3) is 0.278. The lowest BCUT2D eigenvalue weighted by Gasteiger charge is -2.32. The molecule has 0 aliphatic rings. The van der Waals surface area contributed by atoms with Gasteiger partial charge in [0.05, 0.1) is 12.0 Å². The Balaban J connectivity index is 2.61. The van der Waals surface area contributed by atoms with Crippen molar-refractivity contribution in [1.29, 1.82) is 0 Å². The number of benzene rings is 2. The van der Waals surface area contributed by atoms with Gasteiger partial charge in [0.2, 0.25) is 0 Å². The standard InChI is InChI=1S/C18H14F6O5S/c1-29-15(25)14(30(27,28)13-5-3-2-4-6-13)11-7-9-12(10-8-11)16(26,17(19,20)21)18(22,23)24/h2-10,14,26H,1H3. The van der Waals surface area contributed by atoms with E-state index in [4.69, 9.17) is 0 Å². The molecule has 0 saturated carbocycles. The van der Waals surface area contributed by atoms with Crippen LogP contribution in [0.2, 0.25) is 0 Å². The van der Waals surface area contributed by atoms with E-state index in [1.54, 1.807) is 0 Å². The van der Waals surface area contributed by atoms with Gasteiger partial charge in [0, 0.05) is 5.56 Å². The SMILES string of the molecule is COC(=O)C(c1ccc(C(O)(C(F)(F)F)C(F)(F)F)cc1)S(=O)(=O)c1ccccc1. The van der Waals surface area contributed by atoms with Crippen LogP contribution in [-0.4, -0.2) is 39.0 Å². The van der Waals surface area contributed by atoms with Gasteiger partial charge < -0.3 is 9.84 Å². The normalized spacial score (nSPS) is 14.3. The molecule has 0 saturated heterocycles. The number of rotatable bonds is 5. The van der Waals surface area contributed by atoms with Crippen LogP contribution in [0, 0.1) is 0 Å². The van der Waals surface area contributed by atoms with Crippen LogP contribution in [-0.2, 0) is 25.0 Å². The third-order valence-electron chi connectivity index (χ3n) is 4.25. The van der Waals surface area contributed by atoms with Gasteiger partial charge in [-0.1, -0.05) is 42.5 Å². The Morgan fingerprint density at radius 1 is 0.900 bits per heavy atom. The Hall–Kier alpha value is -2.60. The zero-order valence-electron chi connectivity index (χ0n) is 15.0. The molecular formula is C18H14F6O5S. The zero-order chi connectivity index (χ0) is 23.0. The molecule has 0 heterocycles. The third kappa shape index (κ3) is 4.01. The molecule has 0 aliphatic carbocycles. The molecule has 30 heavy (non-hydrogen) atoms. The van der Waals surface area contributed by atoms with E-state index in [1.807, 2.05) is 0 Å². The molecule has 2 aromatic carbocycles. The maximum atomic E-state index is 13.0. The molecule has 0 radical (unpaired) electrons. The topological polar surface area (TPSA) is 80.7 Å². The van der Waals surface area contributed by atoms with Crippen LogP contribution < -0.4 is 0 Å². The van der Waals surface area contributed by atoms with Crippen molar-refractivity contribution in [2.24, 2.45) is 0 Å². The number of hydrogen-bond acceptors (Lipinski definition) is 5. The Morgan fingerprint density at radius 2 is 1.37 bits per heavy atom. The second kappa shape index (κ2) is 7.91. The summed E-state index contributed by atoms with van der Waals surface area (Å²) in [5.74, 6) is -1.30. The lowest BCUT2D eigenvalue weighted by atomic mass is 9.91. The Bertz CT molecular complexity index is 984. The summed E-state index contributed by atoms with van der Waals surface area (Å²) in [6, 6.07) is 8.21.